The van der Waals surface area contributed by atoms with Crippen LogP contribution in [0, 0.1) is 0 Å². The fourth-order valence-electron chi connectivity index (χ4n) is 1.45. The van der Waals surface area contributed by atoms with E-state index < -0.39 is 0 Å². The number of fused-ring (bicyclic) bond motifs is 3. The van der Waals surface area contributed by atoms with Crippen molar-refractivity contribution in [2.45, 2.75) is 0 Å². The fraction of sp³-hybridized carbons (Fsp3) is 0. The standard InChI is InChI=1S/C9H5ClN4/c10-9-8-5-11-13-14(8)7-4-2-1-3-6(7)12-9/h1-5H. The number of rotatable bonds is 0. The van der Waals surface area contributed by atoms with Gasteiger partial charge in [0.2, 0.25) is 0 Å². The second-order valence-corrected chi connectivity index (χ2v) is 3.28. The quantitative estimate of drug-likeness (QED) is 0.562. The predicted octanol–water partition coefficient (Wildman–Crippen LogP) is 1.93. The van der Waals surface area contributed by atoms with Crippen molar-refractivity contribution in [1.82, 2.24) is 19.8 Å². The van der Waals surface area contributed by atoms with Gasteiger partial charge in [-0.15, -0.1) is 5.10 Å². The van der Waals surface area contributed by atoms with E-state index in [0.29, 0.717) is 5.15 Å². The van der Waals surface area contributed by atoms with Crippen LogP contribution >= 0.6 is 11.6 Å². The van der Waals surface area contributed by atoms with E-state index in [-0.39, 0.29) is 0 Å². The average molecular weight is 205 g/mol. The minimum Gasteiger partial charge on any atom is -0.232 e. The first-order chi connectivity index (χ1) is 6.86. The van der Waals surface area contributed by atoms with Gasteiger partial charge in [0.15, 0.2) is 5.15 Å². The highest BCUT2D eigenvalue weighted by molar-refractivity contribution is 6.32. The Morgan fingerprint density at radius 2 is 2.00 bits per heavy atom. The van der Waals surface area contributed by atoms with Crippen molar-refractivity contribution in [3.63, 3.8) is 0 Å². The van der Waals surface area contributed by atoms with E-state index in [1.54, 1.807) is 10.7 Å². The Morgan fingerprint density at radius 1 is 1.14 bits per heavy atom. The van der Waals surface area contributed by atoms with Crippen LogP contribution in [-0.2, 0) is 0 Å². The molecular weight excluding hydrogens is 200 g/mol. The van der Waals surface area contributed by atoms with E-state index in [0.717, 1.165) is 16.6 Å². The average Bonchev–Trinajstić information content (AvgIpc) is 2.67. The highest BCUT2D eigenvalue weighted by Crippen LogP contribution is 2.19. The molecule has 0 amide bonds. The molecular formula is C9H5ClN4. The Kier molecular flexibility index (Phi) is 1.46. The lowest BCUT2D eigenvalue weighted by molar-refractivity contribution is 0.879. The topological polar surface area (TPSA) is 43.1 Å². The summed E-state index contributed by atoms with van der Waals surface area (Å²) in [6.07, 6.45) is 1.60. The molecule has 0 aliphatic heterocycles. The van der Waals surface area contributed by atoms with Gasteiger partial charge in [-0.2, -0.15) is 0 Å². The second-order valence-electron chi connectivity index (χ2n) is 2.92. The molecule has 0 N–H and O–H groups in total. The van der Waals surface area contributed by atoms with Gasteiger partial charge in [-0.3, -0.25) is 0 Å². The first-order valence-electron chi connectivity index (χ1n) is 4.11. The van der Waals surface area contributed by atoms with Crippen LogP contribution in [0.2, 0.25) is 5.15 Å². The van der Waals surface area contributed by atoms with Gasteiger partial charge in [-0.25, -0.2) is 9.50 Å². The van der Waals surface area contributed by atoms with Crippen LogP contribution in [0.25, 0.3) is 16.6 Å². The molecule has 68 valence electrons. The molecule has 14 heavy (non-hydrogen) atoms. The van der Waals surface area contributed by atoms with E-state index in [1.807, 2.05) is 24.3 Å². The third-order valence-electron chi connectivity index (χ3n) is 2.09. The highest BCUT2D eigenvalue weighted by Gasteiger charge is 2.06. The highest BCUT2D eigenvalue weighted by atomic mass is 35.5. The van der Waals surface area contributed by atoms with Crippen molar-refractivity contribution >= 4 is 28.2 Å². The lowest BCUT2D eigenvalue weighted by atomic mass is 10.3. The van der Waals surface area contributed by atoms with Crippen molar-refractivity contribution in [3.05, 3.63) is 35.6 Å². The van der Waals surface area contributed by atoms with Gasteiger partial charge in [0.25, 0.3) is 0 Å². The van der Waals surface area contributed by atoms with Gasteiger partial charge in [-0.05, 0) is 12.1 Å². The Morgan fingerprint density at radius 3 is 2.93 bits per heavy atom. The van der Waals surface area contributed by atoms with Crippen LogP contribution in [-0.4, -0.2) is 19.8 Å². The third-order valence-corrected chi connectivity index (χ3v) is 2.37. The van der Waals surface area contributed by atoms with Crippen molar-refractivity contribution in [1.29, 1.82) is 0 Å². The van der Waals surface area contributed by atoms with Crippen LogP contribution in [0.15, 0.2) is 30.5 Å². The summed E-state index contributed by atoms with van der Waals surface area (Å²) < 4.78 is 1.69. The minimum atomic E-state index is 0.425. The van der Waals surface area contributed by atoms with E-state index in [9.17, 15) is 0 Å². The predicted molar refractivity (Wildman–Crippen MR) is 53.3 cm³/mol. The van der Waals surface area contributed by atoms with Crippen molar-refractivity contribution in [2.75, 3.05) is 0 Å². The fourth-order valence-corrected chi connectivity index (χ4v) is 1.67. The largest absolute Gasteiger partial charge is 0.232 e. The first-order valence-corrected chi connectivity index (χ1v) is 4.49. The maximum Gasteiger partial charge on any atom is 0.157 e. The maximum absolute atomic E-state index is 5.97. The molecule has 4 nitrogen and oxygen atoms in total. The van der Waals surface area contributed by atoms with Gasteiger partial charge in [0, 0.05) is 0 Å². The summed E-state index contributed by atoms with van der Waals surface area (Å²) in [7, 11) is 0. The van der Waals surface area contributed by atoms with Crippen LogP contribution in [0.3, 0.4) is 0 Å². The van der Waals surface area contributed by atoms with Crippen LogP contribution < -0.4 is 0 Å². The molecule has 0 spiro atoms. The van der Waals surface area contributed by atoms with Crippen molar-refractivity contribution in [2.24, 2.45) is 0 Å². The van der Waals surface area contributed by atoms with E-state index in [4.69, 9.17) is 11.6 Å². The summed E-state index contributed by atoms with van der Waals surface area (Å²) in [4.78, 5) is 4.24. The number of halogens is 1. The molecule has 5 heteroatoms. The first kappa shape index (κ1) is 7.70. The summed E-state index contributed by atoms with van der Waals surface area (Å²) in [6, 6.07) is 7.66. The minimum absolute atomic E-state index is 0.425. The number of benzene rings is 1. The van der Waals surface area contributed by atoms with Crippen molar-refractivity contribution < 1.29 is 0 Å². The molecule has 0 atom stereocenters. The lowest BCUT2D eigenvalue weighted by Crippen LogP contribution is -1.93. The summed E-state index contributed by atoms with van der Waals surface area (Å²) >= 11 is 5.97. The maximum atomic E-state index is 5.97. The van der Waals surface area contributed by atoms with Gasteiger partial charge in [-0.1, -0.05) is 28.9 Å². The molecule has 0 fully saturated rings. The molecule has 2 heterocycles. The molecule has 0 saturated heterocycles. The number of hydrogen-bond acceptors (Lipinski definition) is 3. The molecule has 0 radical (unpaired) electrons. The van der Waals surface area contributed by atoms with E-state index in [2.05, 4.69) is 15.3 Å². The van der Waals surface area contributed by atoms with Gasteiger partial charge >= 0.3 is 0 Å². The monoisotopic (exact) mass is 204 g/mol. The van der Waals surface area contributed by atoms with Gasteiger partial charge in [0.05, 0.1) is 17.2 Å². The van der Waals surface area contributed by atoms with Crippen LogP contribution in [0.1, 0.15) is 0 Å². The van der Waals surface area contributed by atoms with Crippen LogP contribution in [0.5, 0.6) is 0 Å². The van der Waals surface area contributed by atoms with Crippen molar-refractivity contribution in [3.8, 4) is 0 Å². The molecule has 3 rings (SSSR count). The third kappa shape index (κ3) is 0.914. The van der Waals surface area contributed by atoms with E-state index in [1.165, 1.54) is 0 Å². The van der Waals surface area contributed by atoms with E-state index >= 15 is 0 Å². The number of hydrogen-bond donors (Lipinski definition) is 0. The molecule has 0 saturated carbocycles. The zero-order chi connectivity index (χ0) is 9.54. The molecule has 0 aliphatic carbocycles. The molecule has 0 unspecified atom stereocenters. The smallest absolute Gasteiger partial charge is 0.157 e. The number of nitrogens with zero attached hydrogens (tertiary/aromatic N) is 4. The second kappa shape index (κ2) is 2.65. The van der Waals surface area contributed by atoms with Gasteiger partial charge < -0.3 is 0 Å². The lowest BCUT2D eigenvalue weighted by Gasteiger charge is -2.00. The summed E-state index contributed by atoms with van der Waals surface area (Å²) in [5.41, 5.74) is 2.45. The van der Waals surface area contributed by atoms with Gasteiger partial charge in [0.1, 0.15) is 5.52 Å². The molecule has 1 aromatic carbocycles. The number of para-hydroxylation sites is 2. The Balaban J connectivity index is 2.66. The Labute approximate surface area is 84.1 Å². The Hall–Kier alpha value is -1.68. The molecule has 2 aromatic heterocycles. The summed E-state index contributed by atoms with van der Waals surface area (Å²) in [5, 5.41) is 8.18. The zero-order valence-corrected chi connectivity index (χ0v) is 7.81. The van der Waals surface area contributed by atoms with Crippen LogP contribution in [0.4, 0.5) is 0 Å². The zero-order valence-electron chi connectivity index (χ0n) is 7.05. The Bertz CT molecular complexity index is 616. The molecule has 3 aromatic rings. The summed E-state index contributed by atoms with van der Waals surface area (Å²) in [6.45, 7) is 0. The normalized spacial score (nSPS) is 11.2. The molecule has 0 aliphatic rings. The number of aromatic nitrogens is 4. The summed E-state index contributed by atoms with van der Waals surface area (Å²) in [5.74, 6) is 0. The SMILES string of the molecule is Clc1nc2ccccc2n2nncc12. The molecule has 0 bridgehead atoms.